The lowest BCUT2D eigenvalue weighted by Crippen LogP contribution is -2.40. The van der Waals surface area contributed by atoms with Crippen molar-refractivity contribution in [3.05, 3.63) is 54.4 Å². The average Bonchev–Trinajstić information content (AvgIpc) is 2.90. The first-order valence-electron chi connectivity index (χ1n) is 12.4. The van der Waals surface area contributed by atoms with E-state index >= 15 is 0 Å². The normalized spacial score (nSPS) is 20.4. The number of fused-ring (bicyclic) bond motifs is 1. The SMILES string of the molecule is COc1cccc(CC(=O)NC2CCC(Nc3cc(N4CCOCC4)cc4nccnc34)CC2)c1. The second kappa shape index (κ2) is 10.9. The number of amides is 1. The van der Waals surface area contributed by atoms with Gasteiger partial charge in [-0.25, -0.2) is 0 Å². The van der Waals surface area contributed by atoms with Gasteiger partial charge in [0.15, 0.2) is 0 Å². The van der Waals surface area contributed by atoms with Gasteiger partial charge in [-0.05, 0) is 55.5 Å². The molecule has 1 saturated heterocycles. The molecule has 2 fully saturated rings. The van der Waals surface area contributed by atoms with Gasteiger partial charge in [-0.3, -0.25) is 14.8 Å². The van der Waals surface area contributed by atoms with Gasteiger partial charge in [0.1, 0.15) is 11.3 Å². The van der Waals surface area contributed by atoms with E-state index in [4.69, 9.17) is 9.47 Å². The first-order chi connectivity index (χ1) is 17.2. The van der Waals surface area contributed by atoms with Gasteiger partial charge in [0.25, 0.3) is 0 Å². The average molecular weight is 476 g/mol. The maximum atomic E-state index is 12.6. The highest BCUT2D eigenvalue weighted by Gasteiger charge is 2.24. The minimum Gasteiger partial charge on any atom is -0.497 e. The van der Waals surface area contributed by atoms with Crippen LogP contribution in [0.15, 0.2) is 48.8 Å². The molecular formula is C27H33N5O3. The molecule has 1 aliphatic carbocycles. The van der Waals surface area contributed by atoms with E-state index in [2.05, 4.69) is 37.6 Å². The molecule has 1 aromatic heterocycles. The second-order valence-corrected chi connectivity index (χ2v) is 9.31. The molecular weight excluding hydrogens is 442 g/mol. The molecule has 2 N–H and O–H groups in total. The number of anilines is 2. The number of benzene rings is 2. The van der Waals surface area contributed by atoms with Gasteiger partial charge in [0.2, 0.25) is 5.91 Å². The number of hydrogen-bond acceptors (Lipinski definition) is 7. The summed E-state index contributed by atoms with van der Waals surface area (Å²) in [6.07, 6.45) is 7.75. The second-order valence-electron chi connectivity index (χ2n) is 9.31. The number of hydrogen-bond donors (Lipinski definition) is 2. The van der Waals surface area contributed by atoms with Crippen LogP contribution in [-0.2, 0) is 16.0 Å². The molecule has 3 aromatic rings. The van der Waals surface area contributed by atoms with E-state index in [1.807, 2.05) is 24.3 Å². The molecule has 5 rings (SSSR count). The summed E-state index contributed by atoms with van der Waals surface area (Å²) in [4.78, 5) is 24.1. The maximum absolute atomic E-state index is 12.6. The van der Waals surface area contributed by atoms with Crippen molar-refractivity contribution in [1.82, 2.24) is 15.3 Å². The van der Waals surface area contributed by atoms with Gasteiger partial charge in [-0.1, -0.05) is 12.1 Å². The zero-order chi connectivity index (χ0) is 24.0. The van der Waals surface area contributed by atoms with Crippen LogP contribution in [0.5, 0.6) is 5.75 Å². The maximum Gasteiger partial charge on any atom is 0.224 e. The van der Waals surface area contributed by atoms with Crippen LogP contribution in [0.25, 0.3) is 11.0 Å². The molecule has 0 unspecified atom stereocenters. The van der Waals surface area contributed by atoms with Crippen LogP contribution in [-0.4, -0.2) is 61.4 Å². The summed E-state index contributed by atoms with van der Waals surface area (Å²) in [7, 11) is 1.64. The monoisotopic (exact) mass is 475 g/mol. The van der Waals surface area contributed by atoms with Crippen molar-refractivity contribution in [2.45, 2.75) is 44.2 Å². The van der Waals surface area contributed by atoms with Crippen LogP contribution in [0.4, 0.5) is 11.4 Å². The third-order valence-electron chi connectivity index (χ3n) is 6.89. The first-order valence-corrected chi connectivity index (χ1v) is 12.4. The number of nitrogens with one attached hydrogen (secondary N) is 2. The Morgan fingerprint density at radius 1 is 1.06 bits per heavy atom. The number of morpholine rings is 1. The molecule has 1 aliphatic heterocycles. The molecule has 8 heteroatoms. The summed E-state index contributed by atoms with van der Waals surface area (Å²) in [6, 6.07) is 12.5. The Labute approximate surface area is 206 Å². The highest BCUT2D eigenvalue weighted by molar-refractivity contribution is 5.91. The Bertz CT molecular complexity index is 1160. The Morgan fingerprint density at radius 2 is 1.83 bits per heavy atom. The molecule has 0 atom stereocenters. The number of carbonyl (C=O) groups is 1. The molecule has 8 nitrogen and oxygen atoms in total. The molecule has 1 amide bonds. The van der Waals surface area contributed by atoms with Crippen molar-refractivity contribution in [2.75, 3.05) is 43.6 Å². The first kappa shape index (κ1) is 23.4. The lowest BCUT2D eigenvalue weighted by molar-refractivity contribution is -0.121. The minimum absolute atomic E-state index is 0.0640. The molecule has 0 radical (unpaired) electrons. The fourth-order valence-corrected chi connectivity index (χ4v) is 5.02. The number of carbonyl (C=O) groups excluding carboxylic acids is 1. The van der Waals surface area contributed by atoms with Crippen LogP contribution in [0, 0.1) is 0 Å². The third kappa shape index (κ3) is 5.82. The van der Waals surface area contributed by atoms with Gasteiger partial charge in [0, 0.05) is 43.3 Å². The van der Waals surface area contributed by atoms with Crippen LogP contribution in [0.3, 0.4) is 0 Å². The number of rotatable bonds is 7. The largest absolute Gasteiger partial charge is 0.497 e. The summed E-state index contributed by atoms with van der Waals surface area (Å²) >= 11 is 0. The predicted octanol–water partition coefficient (Wildman–Crippen LogP) is 3.56. The zero-order valence-electron chi connectivity index (χ0n) is 20.2. The molecule has 184 valence electrons. The highest BCUT2D eigenvalue weighted by atomic mass is 16.5. The Balaban J connectivity index is 1.19. The number of ether oxygens (including phenoxy) is 2. The fraction of sp³-hybridized carbons (Fsp3) is 0.444. The summed E-state index contributed by atoms with van der Waals surface area (Å²) < 4.78 is 10.8. The quantitative estimate of drug-likeness (QED) is 0.540. The van der Waals surface area contributed by atoms with Crippen LogP contribution < -0.4 is 20.3 Å². The van der Waals surface area contributed by atoms with E-state index in [-0.39, 0.29) is 11.9 Å². The van der Waals surface area contributed by atoms with Crippen LogP contribution >= 0.6 is 0 Å². The van der Waals surface area contributed by atoms with Crippen molar-refractivity contribution in [3.63, 3.8) is 0 Å². The van der Waals surface area contributed by atoms with Crippen molar-refractivity contribution in [1.29, 1.82) is 0 Å². The van der Waals surface area contributed by atoms with E-state index in [0.717, 1.165) is 85.7 Å². The van der Waals surface area contributed by atoms with E-state index in [1.165, 1.54) is 0 Å². The van der Waals surface area contributed by atoms with Gasteiger partial charge in [-0.2, -0.15) is 0 Å². The zero-order valence-corrected chi connectivity index (χ0v) is 20.2. The molecule has 0 spiro atoms. The molecule has 2 aromatic carbocycles. The predicted molar refractivity (Wildman–Crippen MR) is 137 cm³/mol. The van der Waals surface area contributed by atoms with Gasteiger partial charge in [0.05, 0.1) is 37.9 Å². The minimum atomic E-state index is 0.0640. The topological polar surface area (TPSA) is 88.6 Å². The summed E-state index contributed by atoms with van der Waals surface area (Å²) in [5.74, 6) is 0.839. The smallest absolute Gasteiger partial charge is 0.224 e. The van der Waals surface area contributed by atoms with Crippen molar-refractivity contribution >= 4 is 28.3 Å². The highest BCUT2D eigenvalue weighted by Crippen LogP contribution is 2.31. The van der Waals surface area contributed by atoms with Crippen molar-refractivity contribution in [3.8, 4) is 5.75 Å². The molecule has 35 heavy (non-hydrogen) atoms. The summed E-state index contributed by atoms with van der Waals surface area (Å²) in [5.41, 5.74) is 4.95. The van der Waals surface area contributed by atoms with Gasteiger partial charge >= 0.3 is 0 Å². The third-order valence-corrected chi connectivity index (χ3v) is 6.89. The summed E-state index contributed by atoms with van der Waals surface area (Å²) in [6.45, 7) is 3.25. The Hall–Kier alpha value is -3.39. The Kier molecular flexibility index (Phi) is 7.28. The molecule has 1 saturated carbocycles. The van der Waals surface area contributed by atoms with E-state index in [9.17, 15) is 4.79 Å². The fourth-order valence-electron chi connectivity index (χ4n) is 5.02. The van der Waals surface area contributed by atoms with E-state index < -0.39 is 0 Å². The number of nitrogens with zero attached hydrogens (tertiary/aromatic N) is 3. The van der Waals surface area contributed by atoms with Gasteiger partial charge < -0.3 is 25.0 Å². The van der Waals surface area contributed by atoms with Gasteiger partial charge in [-0.15, -0.1) is 0 Å². The van der Waals surface area contributed by atoms with E-state index in [1.54, 1.807) is 19.5 Å². The van der Waals surface area contributed by atoms with Crippen molar-refractivity contribution < 1.29 is 14.3 Å². The number of methoxy groups -OCH3 is 1. The lowest BCUT2D eigenvalue weighted by Gasteiger charge is -2.32. The standard InChI is InChI=1S/C27H33N5O3/c1-34-23-4-2-3-19(15-23)16-26(33)31-21-7-5-20(6-8-21)30-25-18-22(32-11-13-35-14-12-32)17-24-27(25)29-10-9-28-24/h2-4,9-10,15,17-18,20-21,30H,5-8,11-14,16H2,1H3,(H,31,33). The number of aromatic nitrogens is 2. The van der Waals surface area contributed by atoms with Crippen LogP contribution in [0.1, 0.15) is 31.2 Å². The molecule has 2 heterocycles. The Morgan fingerprint density at radius 3 is 2.63 bits per heavy atom. The van der Waals surface area contributed by atoms with E-state index in [0.29, 0.717) is 12.5 Å². The van der Waals surface area contributed by atoms with Crippen molar-refractivity contribution in [2.24, 2.45) is 0 Å². The summed E-state index contributed by atoms with van der Waals surface area (Å²) in [5, 5.41) is 6.97. The lowest BCUT2D eigenvalue weighted by atomic mass is 9.90. The molecule has 2 aliphatic rings. The molecule has 0 bridgehead atoms. The van der Waals surface area contributed by atoms with Crippen LogP contribution in [0.2, 0.25) is 0 Å².